The van der Waals surface area contributed by atoms with E-state index < -0.39 is 17.8 Å². The van der Waals surface area contributed by atoms with E-state index in [4.69, 9.17) is 42.4 Å². The average Bonchev–Trinajstić information content (AvgIpc) is 3.39. The minimum absolute atomic E-state index is 0.124. The third kappa shape index (κ3) is 6.93. The Balaban J connectivity index is 1.47. The number of esters is 1. The van der Waals surface area contributed by atoms with Crippen LogP contribution in [0.3, 0.4) is 0 Å². The summed E-state index contributed by atoms with van der Waals surface area (Å²) in [7, 11) is 1.54. The maximum atomic E-state index is 14.2. The van der Waals surface area contributed by atoms with Crippen LogP contribution in [0.1, 0.15) is 35.2 Å². The summed E-state index contributed by atoms with van der Waals surface area (Å²) < 4.78 is 33.9. The highest BCUT2D eigenvalue weighted by Crippen LogP contribution is 2.37. The molecule has 48 heavy (non-hydrogen) atoms. The number of nitrogens with zero attached hydrogens (tertiary/aromatic N) is 2. The molecule has 0 N–H and O–H groups in total. The zero-order valence-electron chi connectivity index (χ0n) is 25.5. The number of hydrogen-bond acceptors (Lipinski definition) is 7. The van der Waals surface area contributed by atoms with Gasteiger partial charge in [-0.3, -0.25) is 9.36 Å². The van der Waals surface area contributed by atoms with E-state index in [-0.39, 0.29) is 24.3 Å². The van der Waals surface area contributed by atoms with Crippen molar-refractivity contribution < 1.29 is 23.4 Å². The van der Waals surface area contributed by atoms with Gasteiger partial charge in [0.2, 0.25) is 0 Å². The van der Waals surface area contributed by atoms with Gasteiger partial charge in [-0.1, -0.05) is 83.1 Å². The summed E-state index contributed by atoms with van der Waals surface area (Å²) in [5.74, 6) is -0.0460. The van der Waals surface area contributed by atoms with Crippen LogP contribution in [0.2, 0.25) is 10.0 Å². The molecule has 4 aromatic carbocycles. The van der Waals surface area contributed by atoms with Crippen molar-refractivity contribution in [1.29, 1.82) is 0 Å². The van der Waals surface area contributed by atoms with Crippen molar-refractivity contribution in [1.82, 2.24) is 4.57 Å². The van der Waals surface area contributed by atoms with Gasteiger partial charge >= 0.3 is 5.97 Å². The fourth-order valence-electron chi connectivity index (χ4n) is 5.30. The molecule has 0 unspecified atom stereocenters. The summed E-state index contributed by atoms with van der Waals surface area (Å²) in [6, 6.07) is 23.0. The van der Waals surface area contributed by atoms with Crippen LogP contribution in [0, 0.1) is 9.39 Å². The van der Waals surface area contributed by atoms with Crippen molar-refractivity contribution in [3.8, 4) is 11.5 Å². The zero-order chi connectivity index (χ0) is 33.9. The molecule has 0 bridgehead atoms. The van der Waals surface area contributed by atoms with E-state index in [1.807, 2.05) is 42.5 Å². The highest BCUT2D eigenvalue weighted by molar-refractivity contribution is 14.1. The largest absolute Gasteiger partial charge is 0.493 e. The lowest BCUT2D eigenvalue weighted by molar-refractivity contribution is -0.138. The molecule has 1 atom stereocenters. The predicted octanol–water partition coefficient (Wildman–Crippen LogP) is 7.57. The Morgan fingerprint density at radius 1 is 1.04 bits per heavy atom. The molecular weight excluding hydrogens is 789 g/mol. The lowest BCUT2D eigenvalue weighted by atomic mass is 9.93. The van der Waals surface area contributed by atoms with Crippen molar-refractivity contribution in [3.05, 3.63) is 152 Å². The molecule has 0 fully saturated rings. The van der Waals surface area contributed by atoms with Gasteiger partial charge in [0.1, 0.15) is 12.4 Å². The van der Waals surface area contributed by atoms with Crippen molar-refractivity contribution in [2.75, 3.05) is 13.7 Å². The molecule has 1 aromatic heterocycles. The van der Waals surface area contributed by atoms with Crippen molar-refractivity contribution in [3.63, 3.8) is 0 Å². The van der Waals surface area contributed by atoms with Crippen molar-refractivity contribution >= 4 is 74.9 Å². The summed E-state index contributed by atoms with van der Waals surface area (Å²) in [6.07, 6.45) is 1.75. The molecule has 0 spiro atoms. The number of benzene rings is 4. The number of carbonyl (C=O) groups excluding carboxylic acids is 1. The van der Waals surface area contributed by atoms with Gasteiger partial charge in [0, 0.05) is 5.56 Å². The molecule has 1 aliphatic rings. The average molecular weight is 815 g/mol. The Morgan fingerprint density at radius 2 is 1.79 bits per heavy atom. The summed E-state index contributed by atoms with van der Waals surface area (Å²) in [5, 5.41) is 0.891. The molecule has 0 aliphatic carbocycles. The molecule has 0 radical (unpaired) electrons. The van der Waals surface area contributed by atoms with Crippen LogP contribution >= 0.6 is 57.1 Å². The van der Waals surface area contributed by atoms with E-state index in [1.54, 1.807) is 50.4 Å². The third-order valence-electron chi connectivity index (χ3n) is 7.48. The van der Waals surface area contributed by atoms with Gasteiger partial charge in [0.25, 0.3) is 5.56 Å². The molecule has 6 rings (SSSR count). The van der Waals surface area contributed by atoms with Crippen molar-refractivity contribution in [2.24, 2.45) is 4.99 Å². The number of thiazole rings is 1. The van der Waals surface area contributed by atoms with E-state index in [0.29, 0.717) is 53.3 Å². The first-order valence-electron chi connectivity index (χ1n) is 14.7. The monoisotopic (exact) mass is 814 g/mol. The van der Waals surface area contributed by atoms with Gasteiger partial charge in [-0.15, -0.1) is 0 Å². The van der Waals surface area contributed by atoms with Crippen molar-refractivity contribution in [2.45, 2.75) is 19.6 Å². The number of hydrogen-bond donors (Lipinski definition) is 0. The first-order chi connectivity index (χ1) is 23.2. The van der Waals surface area contributed by atoms with E-state index in [2.05, 4.69) is 22.6 Å². The van der Waals surface area contributed by atoms with Crippen LogP contribution < -0.4 is 24.4 Å². The van der Waals surface area contributed by atoms with Gasteiger partial charge < -0.3 is 14.2 Å². The van der Waals surface area contributed by atoms with Crippen LogP contribution in [-0.2, 0) is 16.1 Å². The molecule has 0 amide bonds. The fraction of sp³-hybridized carbons (Fsp3) is 0.139. The second kappa shape index (κ2) is 14.7. The lowest BCUT2D eigenvalue weighted by Gasteiger charge is -2.25. The highest BCUT2D eigenvalue weighted by atomic mass is 127. The van der Waals surface area contributed by atoms with E-state index in [9.17, 15) is 14.0 Å². The molecule has 0 saturated carbocycles. The maximum Gasteiger partial charge on any atom is 0.338 e. The quantitative estimate of drug-likeness (QED) is 0.113. The number of halogens is 4. The summed E-state index contributed by atoms with van der Waals surface area (Å²) >= 11 is 15.6. The van der Waals surface area contributed by atoms with E-state index in [1.165, 1.54) is 28.0 Å². The SMILES string of the molecule is CCOC(=O)C1=C(c2ccccc2)N=c2s/c(=C\c3cc(I)c(OCc4ccc(Cl)c(Cl)c4)c(OC)c3)c(=O)n2[C@@H]1c1ccc(F)cc1. The molecule has 12 heteroatoms. The Morgan fingerprint density at radius 3 is 2.48 bits per heavy atom. The van der Waals surface area contributed by atoms with Gasteiger partial charge in [-0.2, -0.15) is 0 Å². The number of rotatable bonds is 9. The van der Waals surface area contributed by atoms with Crippen LogP contribution in [0.25, 0.3) is 11.8 Å². The highest BCUT2D eigenvalue weighted by Gasteiger charge is 2.35. The molecule has 244 valence electrons. The number of methoxy groups -OCH3 is 1. The standard InChI is InChI=1S/C36H26Cl2FIN2O5S/c1-3-46-35(44)30-31(22-7-5-4-6-8-22)41-36-42(32(30)23-10-12-24(39)13-11-23)34(43)29(48-36)18-21-16-27(40)33(28(17-21)45-2)47-19-20-9-14-25(37)26(38)15-20/h4-18,32H,3,19H2,1-2H3/b29-18-/t32-/m1/s1. The van der Waals surface area contributed by atoms with Crippen LogP contribution in [0.15, 0.2) is 100 Å². The smallest absolute Gasteiger partial charge is 0.338 e. The topological polar surface area (TPSA) is 79.1 Å². The minimum atomic E-state index is -0.912. The molecular formula is C36H26Cl2FIN2O5S. The first-order valence-corrected chi connectivity index (χ1v) is 17.3. The Kier molecular flexibility index (Phi) is 10.4. The molecule has 1 aliphatic heterocycles. The summed E-state index contributed by atoms with van der Waals surface area (Å²) in [4.78, 5) is 33.0. The third-order valence-corrected chi connectivity index (χ3v) is 10.00. The van der Waals surface area contributed by atoms with Crippen LogP contribution in [0.4, 0.5) is 4.39 Å². The van der Waals surface area contributed by atoms with Gasteiger partial charge in [0.05, 0.1) is 49.2 Å². The zero-order valence-corrected chi connectivity index (χ0v) is 30.0. The van der Waals surface area contributed by atoms with Gasteiger partial charge in [-0.25, -0.2) is 14.2 Å². The minimum Gasteiger partial charge on any atom is -0.493 e. The predicted molar refractivity (Wildman–Crippen MR) is 194 cm³/mol. The maximum absolute atomic E-state index is 14.2. The summed E-state index contributed by atoms with van der Waals surface area (Å²) in [5.41, 5.74) is 2.95. The first kappa shape index (κ1) is 33.9. The fourth-order valence-corrected chi connectivity index (χ4v) is 7.40. The lowest BCUT2D eigenvalue weighted by Crippen LogP contribution is -2.40. The number of fused-ring (bicyclic) bond motifs is 1. The Labute approximate surface area is 302 Å². The number of carbonyl (C=O) groups is 1. The summed E-state index contributed by atoms with van der Waals surface area (Å²) in [6.45, 7) is 2.07. The van der Waals surface area contributed by atoms with Gasteiger partial charge in [-0.05, 0) is 88.7 Å². The van der Waals surface area contributed by atoms with E-state index in [0.717, 1.165) is 9.13 Å². The second-order valence-electron chi connectivity index (χ2n) is 10.6. The Hall–Kier alpha value is -3.97. The second-order valence-corrected chi connectivity index (χ2v) is 13.5. The Bertz CT molecular complexity index is 2240. The van der Waals surface area contributed by atoms with Gasteiger partial charge in [0.15, 0.2) is 16.3 Å². The molecule has 0 saturated heterocycles. The number of ether oxygens (including phenoxy) is 3. The van der Waals surface area contributed by atoms with E-state index >= 15 is 0 Å². The number of aromatic nitrogens is 1. The van der Waals surface area contributed by atoms with Crippen LogP contribution in [0.5, 0.6) is 11.5 Å². The molecule has 2 heterocycles. The molecule has 5 aromatic rings. The molecule has 7 nitrogen and oxygen atoms in total. The van der Waals surface area contributed by atoms with Crippen LogP contribution in [-0.4, -0.2) is 24.3 Å². The normalized spacial score (nSPS) is 14.4.